The van der Waals surface area contributed by atoms with Crippen LogP contribution in [0.4, 0.5) is 11.4 Å². The number of benzene rings is 1. The lowest BCUT2D eigenvalue weighted by Gasteiger charge is -2.34. The maximum Gasteiger partial charge on any atom is 0.250 e. The van der Waals surface area contributed by atoms with Gasteiger partial charge in [-0.25, -0.2) is 0 Å². The van der Waals surface area contributed by atoms with Crippen molar-refractivity contribution in [3.8, 4) is 0 Å². The maximum absolute atomic E-state index is 13.0. The van der Waals surface area contributed by atoms with Gasteiger partial charge in [0.05, 0.1) is 5.88 Å². The van der Waals surface area contributed by atoms with Gasteiger partial charge in [-0.05, 0) is 30.5 Å². The molecule has 1 atom stereocenters. The molecule has 2 aliphatic heterocycles. The minimum Gasteiger partial charge on any atom is -0.398 e. The third-order valence-corrected chi connectivity index (χ3v) is 5.36. The van der Waals surface area contributed by atoms with Gasteiger partial charge < -0.3 is 15.5 Å². The summed E-state index contributed by atoms with van der Waals surface area (Å²) in [6, 6.07) is 5.38. The summed E-state index contributed by atoms with van der Waals surface area (Å²) in [5.74, 6) is 1.37. The second kappa shape index (κ2) is 6.20. The van der Waals surface area contributed by atoms with Gasteiger partial charge in [0.15, 0.2) is 0 Å². The molecule has 2 amide bonds. The highest BCUT2D eigenvalue weighted by Gasteiger charge is 2.38. The summed E-state index contributed by atoms with van der Waals surface area (Å²) >= 11 is 1.64. The van der Waals surface area contributed by atoms with Crippen molar-refractivity contribution in [1.29, 1.82) is 0 Å². The summed E-state index contributed by atoms with van der Waals surface area (Å²) < 4.78 is 0. The van der Waals surface area contributed by atoms with Gasteiger partial charge in [0.1, 0.15) is 6.04 Å². The number of thioether (sulfide) groups is 1. The van der Waals surface area contributed by atoms with Crippen LogP contribution in [0, 0.1) is 0 Å². The number of carbonyl (C=O) groups excluding carboxylic acids is 2. The van der Waals surface area contributed by atoms with E-state index in [1.54, 1.807) is 16.7 Å². The third-order valence-electron chi connectivity index (χ3n) is 4.34. The molecular weight excluding hydrogens is 298 g/mol. The lowest BCUT2D eigenvalue weighted by atomic mass is 9.99. The molecule has 118 valence electrons. The number of nitrogen functional groups attached to an aromatic ring is 1. The van der Waals surface area contributed by atoms with Crippen molar-refractivity contribution < 1.29 is 9.59 Å². The van der Waals surface area contributed by atoms with Crippen molar-refractivity contribution in [3.63, 3.8) is 0 Å². The van der Waals surface area contributed by atoms with Crippen LogP contribution in [0.5, 0.6) is 0 Å². The van der Waals surface area contributed by atoms with Gasteiger partial charge in [-0.2, -0.15) is 0 Å². The first-order valence-electron chi connectivity index (χ1n) is 7.69. The minimum atomic E-state index is -0.343. The number of carbonyl (C=O) groups is 2. The zero-order valence-electron chi connectivity index (χ0n) is 12.7. The minimum absolute atomic E-state index is 0.0263. The Balaban J connectivity index is 1.88. The number of hydrogen-bond acceptors (Lipinski definition) is 4. The highest BCUT2D eigenvalue weighted by Crippen LogP contribution is 2.33. The number of nitrogens with two attached hydrogens (primary N) is 1. The van der Waals surface area contributed by atoms with E-state index >= 15 is 0 Å². The van der Waals surface area contributed by atoms with Crippen molar-refractivity contribution in [1.82, 2.24) is 4.90 Å². The fourth-order valence-corrected chi connectivity index (χ4v) is 4.33. The lowest BCUT2D eigenvalue weighted by molar-refractivity contribution is -0.136. The number of rotatable bonds is 2. The van der Waals surface area contributed by atoms with Crippen LogP contribution in [0.1, 0.15) is 25.3 Å². The molecule has 2 heterocycles. The molecule has 1 aromatic rings. The van der Waals surface area contributed by atoms with Gasteiger partial charge in [-0.1, -0.05) is 13.0 Å². The molecule has 6 heteroatoms. The van der Waals surface area contributed by atoms with Crippen LogP contribution in [0.3, 0.4) is 0 Å². The molecule has 0 aromatic heterocycles. The van der Waals surface area contributed by atoms with E-state index in [-0.39, 0.29) is 17.9 Å². The summed E-state index contributed by atoms with van der Waals surface area (Å²) in [7, 11) is 0. The first kappa shape index (κ1) is 15.2. The first-order valence-corrected chi connectivity index (χ1v) is 8.85. The molecule has 2 N–H and O–H groups in total. The molecule has 2 aliphatic rings. The van der Waals surface area contributed by atoms with Crippen LogP contribution in [-0.2, 0) is 16.0 Å². The van der Waals surface area contributed by atoms with Gasteiger partial charge in [-0.15, -0.1) is 11.8 Å². The molecule has 0 saturated carbocycles. The van der Waals surface area contributed by atoms with Crippen LogP contribution < -0.4 is 10.6 Å². The van der Waals surface area contributed by atoms with E-state index in [4.69, 9.17) is 5.73 Å². The zero-order chi connectivity index (χ0) is 15.7. The molecule has 5 nitrogen and oxygen atoms in total. The van der Waals surface area contributed by atoms with Gasteiger partial charge in [0, 0.05) is 30.1 Å². The summed E-state index contributed by atoms with van der Waals surface area (Å²) in [4.78, 5) is 28.6. The largest absolute Gasteiger partial charge is 0.398 e. The molecule has 22 heavy (non-hydrogen) atoms. The summed E-state index contributed by atoms with van der Waals surface area (Å²) in [6.45, 7) is 2.54. The average molecular weight is 319 g/mol. The van der Waals surface area contributed by atoms with Gasteiger partial charge in [0.25, 0.3) is 5.91 Å². The van der Waals surface area contributed by atoms with Crippen LogP contribution in [0.2, 0.25) is 0 Å². The first-order chi connectivity index (χ1) is 10.6. The Morgan fingerprint density at radius 3 is 3.00 bits per heavy atom. The Bertz CT molecular complexity index is 605. The summed E-state index contributed by atoms with van der Waals surface area (Å²) in [5.41, 5.74) is 8.77. The Hall–Kier alpha value is -1.69. The molecular formula is C16H21N3O2S. The predicted octanol–water partition coefficient (Wildman–Crippen LogP) is 1.86. The van der Waals surface area contributed by atoms with Gasteiger partial charge in [-0.3, -0.25) is 9.59 Å². The predicted molar refractivity (Wildman–Crippen MR) is 89.8 cm³/mol. The normalized spacial score (nSPS) is 20.9. The van der Waals surface area contributed by atoms with E-state index in [9.17, 15) is 9.59 Å². The van der Waals surface area contributed by atoms with Crippen LogP contribution in [0.25, 0.3) is 0 Å². The number of hydrogen-bond donors (Lipinski definition) is 1. The molecule has 1 unspecified atom stereocenters. The zero-order valence-corrected chi connectivity index (χ0v) is 13.6. The van der Waals surface area contributed by atoms with Gasteiger partial charge >= 0.3 is 0 Å². The fraction of sp³-hybridized carbons (Fsp3) is 0.500. The Labute approximate surface area is 134 Å². The smallest absolute Gasteiger partial charge is 0.250 e. The number of fused-ring (bicyclic) bond motifs is 1. The Morgan fingerprint density at radius 1 is 1.41 bits per heavy atom. The molecule has 0 spiro atoms. The lowest BCUT2D eigenvalue weighted by Crippen LogP contribution is -2.50. The van der Waals surface area contributed by atoms with Crippen molar-refractivity contribution in [2.24, 2.45) is 0 Å². The van der Waals surface area contributed by atoms with Crippen LogP contribution >= 0.6 is 11.8 Å². The van der Waals surface area contributed by atoms with E-state index in [1.165, 1.54) is 0 Å². The van der Waals surface area contributed by atoms with E-state index < -0.39 is 0 Å². The van der Waals surface area contributed by atoms with E-state index in [2.05, 4.69) is 0 Å². The van der Waals surface area contributed by atoms with Crippen molar-refractivity contribution in [2.75, 3.05) is 28.8 Å². The Morgan fingerprint density at radius 2 is 2.23 bits per heavy atom. The molecule has 1 aromatic carbocycles. The molecule has 0 radical (unpaired) electrons. The highest BCUT2D eigenvalue weighted by molar-refractivity contribution is 7.99. The van der Waals surface area contributed by atoms with Crippen molar-refractivity contribution >= 4 is 35.0 Å². The maximum atomic E-state index is 13.0. The van der Waals surface area contributed by atoms with Crippen LogP contribution in [-0.4, -0.2) is 40.9 Å². The topological polar surface area (TPSA) is 66.6 Å². The number of anilines is 2. The number of nitrogens with zero attached hydrogens (tertiary/aromatic N) is 2. The standard InChI is InChI=1S/C16H21N3O2S/c1-2-15(20)19-10-22-9-14(19)16(21)18-8-4-5-11-12(17)6-3-7-13(11)18/h3,6-7,14H,2,4-5,8-10,17H2,1H3. The van der Waals surface area contributed by atoms with Crippen molar-refractivity contribution in [2.45, 2.75) is 32.2 Å². The molecule has 0 bridgehead atoms. The number of amides is 2. The van der Waals surface area contributed by atoms with E-state index in [0.717, 1.165) is 29.8 Å². The molecule has 3 rings (SSSR count). The van der Waals surface area contributed by atoms with Crippen molar-refractivity contribution in [3.05, 3.63) is 23.8 Å². The SMILES string of the molecule is CCC(=O)N1CSCC1C(=O)N1CCCc2c(N)cccc21. The Kier molecular flexibility index (Phi) is 4.29. The van der Waals surface area contributed by atoms with E-state index in [0.29, 0.717) is 24.6 Å². The molecule has 1 fully saturated rings. The highest BCUT2D eigenvalue weighted by atomic mass is 32.2. The van der Waals surface area contributed by atoms with Gasteiger partial charge in [0.2, 0.25) is 5.91 Å². The van der Waals surface area contributed by atoms with Crippen LogP contribution in [0.15, 0.2) is 18.2 Å². The quantitative estimate of drug-likeness (QED) is 0.845. The summed E-state index contributed by atoms with van der Waals surface area (Å²) in [6.07, 6.45) is 2.26. The fourth-order valence-electron chi connectivity index (χ4n) is 3.16. The second-order valence-electron chi connectivity index (χ2n) is 5.67. The molecule has 0 aliphatic carbocycles. The average Bonchev–Trinajstić information content (AvgIpc) is 3.03. The second-order valence-corrected chi connectivity index (χ2v) is 6.67. The molecule has 1 saturated heterocycles. The summed E-state index contributed by atoms with van der Waals surface area (Å²) in [5, 5.41) is 0. The van der Waals surface area contributed by atoms with E-state index in [1.807, 2.05) is 30.0 Å². The third kappa shape index (κ3) is 2.56. The monoisotopic (exact) mass is 319 g/mol.